The number of halogens is 4. The van der Waals surface area contributed by atoms with Crippen molar-refractivity contribution < 1.29 is 9.59 Å². The topological polar surface area (TPSA) is 49.9 Å². The molecule has 0 aliphatic heterocycles. The van der Waals surface area contributed by atoms with Gasteiger partial charge in [0, 0.05) is 23.2 Å². The third-order valence-corrected chi connectivity index (χ3v) is 3.55. The van der Waals surface area contributed by atoms with Crippen LogP contribution >= 0.6 is 46.4 Å². The number of rotatable bonds is 4. The van der Waals surface area contributed by atoms with Crippen molar-refractivity contribution in [1.82, 2.24) is 4.98 Å². The van der Waals surface area contributed by atoms with Gasteiger partial charge in [-0.2, -0.15) is 0 Å². The Balaban J connectivity index is 2.12. The third-order valence-electron chi connectivity index (χ3n) is 2.79. The maximum absolute atomic E-state index is 12.1. The lowest BCUT2D eigenvalue weighted by molar-refractivity contribution is 0.0988. The van der Waals surface area contributed by atoms with E-state index in [4.69, 9.17) is 46.4 Å². The van der Waals surface area contributed by atoms with Gasteiger partial charge in [0.15, 0.2) is 5.78 Å². The molecule has 1 aromatic carbocycles. The summed E-state index contributed by atoms with van der Waals surface area (Å²) in [5.41, 5.74) is 1.25. The molecule has 0 amide bonds. The van der Waals surface area contributed by atoms with Gasteiger partial charge >= 0.3 is 0 Å². The molecule has 0 spiro atoms. The van der Waals surface area contributed by atoms with Crippen LogP contribution in [0, 0.1) is 0 Å². The van der Waals surface area contributed by atoms with Gasteiger partial charge < -0.3 is 4.98 Å². The summed E-state index contributed by atoms with van der Waals surface area (Å²) in [4.78, 5) is 26.5. The molecule has 110 valence electrons. The lowest BCUT2D eigenvalue weighted by Crippen LogP contribution is -2.19. The van der Waals surface area contributed by atoms with E-state index in [0.29, 0.717) is 10.6 Å². The fourth-order valence-corrected chi connectivity index (χ4v) is 2.16. The number of H-pyrrole nitrogens is 1. The van der Waals surface area contributed by atoms with E-state index < -0.39 is 9.58 Å². The van der Waals surface area contributed by atoms with Crippen LogP contribution < -0.4 is 0 Å². The maximum atomic E-state index is 12.1. The zero-order valence-electron chi connectivity index (χ0n) is 10.5. The van der Waals surface area contributed by atoms with Crippen LogP contribution in [0.15, 0.2) is 36.5 Å². The number of aromatic nitrogens is 1. The van der Waals surface area contributed by atoms with Gasteiger partial charge in [0.2, 0.25) is 5.78 Å². The molecule has 21 heavy (non-hydrogen) atoms. The molecule has 3 nitrogen and oxygen atoms in total. The summed E-state index contributed by atoms with van der Waals surface area (Å²) in [6.45, 7) is 0. The van der Waals surface area contributed by atoms with Crippen molar-refractivity contribution in [2.24, 2.45) is 0 Å². The van der Waals surface area contributed by atoms with Gasteiger partial charge in [0.05, 0.1) is 5.69 Å². The fourth-order valence-electron chi connectivity index (χ4n) is 1.73. The van der Waals surface area contributed by atoms with Crippen molar-refractivity contribution in [3.8, 4) is 0 Å². The molecular weight excluding hydrogens is 356 g/mol. The smallest absolute Gasteiger partial charge is 0.254 e. The van der Waals surface area contributed by atoms with Gasteiger partial charge in [-0.3, -0.25) is 9.59 Å². The van der Waals surface area contributed by atoms with Crippen molar-refractivity contribution in [1.29, 1.82) is 0 Å². The van der Waals surface area contributed by atoms with Crippen LogP contribution in [0.4, 0.5) is 0 Å². The lowest BCUT2D eigenvalue weighted by atomic mass is 10.1. The molecule has 1 N–H and O–H groups in total. The molecule has 0 aliphatic rings. The predicted octanol–water partition coefficient (Wildman–Crippen LogP) is 4.65. The Labute approximate surface area is 141 Å². The highest BCUT2D eigenvalue weighted by Crippen LogP contribution is 2.30. The van der Waals surface area contributed by atoms with E-state index in [1.807, 2.05) is 0 Å². The fraction of sp³-hybridized carbons (Fsp3) is 0.143. The molecule has 0 atom stereocenters. The highest BCUT2D eigenvalue weighted by atomic mass is 35.6. The Morgan fingerprint density at radius 3 is 2.29 bits per heavy atom. The van der Waals surface area contributed by atoms with Crippen LogP contribution in [-0.2, 0) is 6.42 Å². The SMILES string of the molecule is O=C(Cc1ccc(Cl)cc1)c1c[nH]c(C(=O)C(Cl)(Cl)Cl)c1. The first-order valence-electron chi connectivity index (χ1n) is 5.85. The minimum atomic E-state index is -2.05. The Morgan fingerprint density at radius 2 is 1.71 bits per heavy atom. The van der Waals surface area contributed by atoms with Crippen LogP contribution in [-0.4, -0.2) is 20.3 Å². The van der Waals surface area contributed by atoms with E-state index in [0.717, 1.165) is 5.56 Å². The number of Topliss-reactive ketones (excluding diaryl/α,β-unsaturated/α-hetero) is 2. The van der Waals surface area contributed by atoms with E-state index in [9.17, 15) is 9.59 Å². The Morgan fingerprint density at radius 1 is 1.10 bits per heavy atom. The number of benzene rings is 1. The van der Waals surface area contributed by atoms with Crippen molar-refractivity contribution in [3.63, 3.8) is 0 Å². The second-order valence-electron chi connectivity index (χ2n) is 4.36. The number of aromatic amines is 1. The first-order chi connectivity index (χ1) is 9.77. The highest BCUT2D eigenvalue weighted by molar-refractivity contribution is 6.77. The quantitative estimate of drug-likeness (QED) is 0.634. The van der Waals surface area contributed by atoms with Crippen LogP contribution in [0.1, 0.15) is 26.4 Å². The highest BCUT2D eigenvalue weighted by Gasteiger charge is 2.32. The number of carbonyl (C=O) groups excluding carboxylic acids is 2. The first kappa shape index (κ1) is 16.4. The van der Waals surface area contributed by atoms with Gasteiger partial charge in [0.25, 0.3) is 3.79 Å². The molecule has 0 radical (unpaired) electrons. The van der Waals surface area contributed by atoms with Crippen LogP contribution in [0.5, 0.6) is 0 Å². The molecule has 0 bridgehead atoms. The summed E-state index contributed by atoms with van der Waals surface area (Å²) in [5, 5.41) is 0.600. The second kappa shape index (κ2) is 6.41. The summed E-state index contributed by atoms with van der Waals surface area (Å²) in [5.74, 6) is -0.866. The Hall–Kier alpha value is -1.000. The van der Waals surface area contributed by atoms with Crippen molar-refractivity contribution >= 4 is 58.0 Å². The summed E-state index contributed by atoms with van der Waals surface area (Å²) >= 11 is 22.3. The molecule has 2 aromatic rings. The first-order valence-corrected chi connectivity index (χ1v) is 7.36. The summed E-state index contributed by atoms with van der Waals surface area (Å²) in [6, 6.07) is 8.32. The minimum absolute atomic E-state index is 0.0782. The molecule has 1 aromatic heterocycles. The molecule has 1 heterocycles. The van der Waals surface area contributed by atoms with E-state index >= 15 is 0 Å². The standard InChI is InChI=1S/C14H9Cl4NO2/c15-10-3-1-8(2-4-10)5-12(20)9-6-11(19-7-9)13(21)14(16,17)18/h1-4,6-7,19H,5H2. The minimum Gasteiger partial charge on any atom is -0.358 e. The number of carbonyl (C=O) groups is 2. The molecule has 7 heteroatoms. The zero-order valence-corrected chi connectivity index (χ0v) is 13.5. The number of hydrogen-bond acceptors (Lipinski definition) is 2. The number of alkyl halides is 3. The normalized spacial score (nSPS) is 11.4. The van der Waals surface area contributed by atoms with Gasteiger partial charge in [-0.15, -0.1) is 0 Å². The van der Waals surface area contributed by atoms with Crippen LogP contribution in [0.3, 0.4) is 0 Å². The Bertz CT molecular complexity index is 671. The molecule has 0 aliphatic carbocycles. The molecular formula is C14H9Cl4NO2. The summed E-state index contributed by atoms with van der Waals surface area (Å²) in [7, 11) is 0. The zero-order chi connectivity index (χ0) is 15.6. The van der Waals surface area contributed by atoms with Gasteiger partial charge in [-0.1, -0.05) is 58.5 Å². The van der Waals surface area contributed by atoms with Crippen molar-refractivity contribution in [2.45, 2.75) is 10.2 Å². The summed E-state index contributed by atoms with van der Waals surface area (Å²) in [6.07, 6.45) is 1.61. The van der Waals surface area contributed by atoms with E-state index in [1.165, 1.54) is 12.3 Å². The van der Waals surface area contributed by atoms with E-state index in [2.05, 4.69) is 4.98 Å². The molecule has 0 unspecified atom stereocenters. The summed E-state index contributed by atoms with van der Waals surface area (Å²) < 4.78 is -2.05. The maximum Gasteiger partial charge on any atom is 0.254 e. The third kappa shape index (κ3) is 4.24. The molecule has 0 saturated carbocycles. The second-order valence-corrected chi connectivity index (χ2v) is 7.07. The van der Waals surface area contributed by atoms with Gasteiger partial charge in [-0.25, -0.2) is 0 Å². The van der Waals surface area contributed by atoms with E-state index in [1.54, 1.807) is 24.3 Å². The molecule has 2 rings (SSSR count). The number of nitrogens with one attached hydrogen (secondary N) is 1. The van der Waals surface area contributed by atoms with Gasteiger partial charge in [-0.05, 0) is 23.8 Å². The Kier molecular flexibility index (Phi) is 4.99. The van der Waals surface area contributed by atoms with E-state index in [-0.39, 0.29) is 17.9 Å². The molecule has 0 fully saturated rings. The van der Waals surface area contributed by atoms with Gasteiger partial charge in [0.1, 0.15) is 0 Å². The van der Waals surface area contributed by atoms with Crippen molar-refractivity contribution in [3.05, 3.63) is 58.4 Å². The lowest BCUT2D eigenvalue weighted by Gasteiger charge is -2.06. The molecule has 0 saturated heterocycles. The van der Waals surface area contributed by atoms with Crippen molar-refractivity contribution in [2.75, 3.05) is 0 Å². The van der Waals surface area contributed by atoms with Crippen LogP contribution in [0.2, 0.25) is 5.02 Å². The average molecular weight is 365 g/mol. The average Bonchev–Trinajstić information content (AvgIpc) is 2.89. The van der Waals surface area contributed by atoms with Crippen LogP contribution in [0.25, 0.3) is 0 Å². The number of hydrogen-bond donors (Lipinski definition) is 1. The predicted molar refractivity (Wildman–Crippen MR) is 84.9 cm³/mol. The monoisotopic (exact) mass is 363 g/mol. The number of ketones is 2. The largest absolute Gasteiger partial charge is 0.358 e.